The van der Waals surface area contributed by atoms with Crippen molar-refractivity contribution in [2.45, 2.75) is 19.4 Å². The fourth-order valence-corrected chi connectivity index (χ4v) is 2.51. The van der Waals surface area contributed by atoms with E-state index in [-0.39, 0.29) is 11.8 Å². The van der Waals surface area contributed by atoms with Crippen molar-refractivity contribution in [2.75, 3.05) is 6.54 Å². The van der Waals surface area contributed by atoms with E-state index in [1.54, 1.807) is 37.3 Å². The van der Waals surface area contributed by atoms with Gasteiger partial charge < -0.3 is 10.6 Å². The Kier molecular flexibility index (Phi) is 6.95. The summed E-state index contributed by atoms with van der Waals surface area (Å²) in [5.41, 5.74) is 2.72. The van der Waals surface area contributed by atoms with Crippen molar-refractivity contribution in [1.29, 1.82) is 0 Å². The minimum atomic E-state index is -0.598. The zero-order valence-electron chi connectivity index (χ0n) is 14.1. The number of carbonyl (C=O) groups excluding carboxylic acids is 2. The lowest BCUT2D eigenvalue weighted by atomic mass is 10.1. The molecular formula is C20H21BrN2O2. The first-order chi connectivity index (χ1) is 12.0. The van der Waals surface area contributed by atoms with Gasteiger partial charge in [-0.2, -0.15) is 0 Å². The Morgan fingerprint density at radius 2 is 1.76 bits per heavy atom. The van der Waals surface area contributed by atoms with E-state index in [1.165, 1.54) is 0 Å². The number of benzene rings is 2. The van der Waals surface area contributed by atoms with Gasteiger partial charge in [-0.05, 0) is 48.7 Å². The Bertz CT molecular complexity index is 739. The van der Waals surface area contributed by atoms with Crippen LogP contribution in [0.2, 0.25) is 0 Å². The highest BCUT2D eigenvalue weighted by atomic mass is 79.9. The first-order valence-electron chi connectivity index (χ1n) is 8.05. The molecule has 0 aromatic heterocycles. The predicted octanol–water partition coefficient (Wildman–Crippen LogP) is 3.57. The smallest absolute Gasteiger partial charge is 0.251 e. The molecule has 2 aromatic rings. The second kappa shape index (κ2) is 9.18. The lowest BCUT2D eigenvalue weighted by Gasteiger charge is -2.14. The fourth-order valence-electron chi connectivity index (χ4n) is 2.25. The van der Waals surface area contributed by atoms with Crippen LogP contribution in [0.15, 0.2) is 59.6 Å². The van der Waals surface area contributed by atoms with Crippen molar-refractivity contribution >= 4 is 33.8 Å². The maximum Gasteiger partial charge on any atom is 0.251 e. The summed E-state index contributed by atoms with van der Waals surface area (Å²) in [4.78, 5) is 24.2. The summed E-state index contributed by atoms with van der Waals surface area (Å²) in [6, 6.07) is 14.4. The number of hydrogen-bond acceptors (Lipinski definition) is 2. The SMILES string of the molecule is C=Cc1ccc(CCNC(=O)[C@@H](C)NC(=O)c2ccc(Br)cc2)cc1. The molecule has 0 saturated heterocycles. The highest BCUT2D eigenvalue weighted by Crippen LogP contribution is 2.10. The van der Waals surface area contributed by atoms with Gasteiger partial charge in [0.1, 0.15) is 6.04 Å². The summed E-state index contributed by atoms with van der Waals surface area (Å²) in [6.45, 7) is 5.91. The molecule has 2 amide bonds. The Balaban J connectivity index is 1.78. The second-order valence-corrected chi connectivity index (χ2v) is 6.60. The molecule has 25 heavy (non-hydrogen) atoms. The Morgan fingerprint density at radius 1 is 1.12 bits per heavy atom. The molecule has 0 aliphatic rings. The molecule has 0 bridgehead atoms. The van der Waals surface area contributed by atoms with E-state index in [9.17, 15) is 9.59 Å². The summed E-state index contributed by atoms with van der Waals surface area (Å²) in [5.74, 6) is -0.469. The average molecular weight is 401 g/mol. The van der Waals surface area contributed by atoms with Crippen molar-refractivity contribution in [2.24, 2.45) is 0 Å². The lowest BCUT2D eigenvalue weighted by molar-refractivity contribution is -0.122. The molecule has 0 spiro atoms. The van der Waals surface area contributed by atoms with Crippen LogP contribution < -0.4 is 10.6 Å². The van der Waals surface area contributed by atoms with Crippen molar-refractivity contribution in [3.63, 3.8) is 0 Å². The largest absolute Gasteiger partial charge is 0.354 e. The number of carbonyl (C=O) groups is 2. The van der Waals surface area contributed by atoms with E-state index < -0.39 is 6.04 Å². The van der Waals surface area contributed by atoms with Gasteiger partial charge in [0.25, 0.3) is 5.91 Å². The van der Waals surface area contributed by atoms with Crippen LogP contribution in [0.5, 0.6) is 0 Å². The van der Waals surface area contributed by atoms with Crippen LogP contribution in [0.4, 0.5) is 0 Å². The first-order valence-corrected chi connectivity index (χ1v) is 8.84. The maximum atomic E-state index is 12.1. The molecule has 2 aromatic carbocycles. The van der Waals surface area contributed by atoms with E-state index in [1.807, 2.05) is 24.3 Å². The first kappa shape index (κ1) is 18.9. The quantitative estimate of drug-likeness (QED) is 0.746. The van der Waals surface area contributed by atoms with Gasteiger partial charge >= 0.3 is 0 Å². The Hall–Kier alpha value is -2.40. The molecule has 5 heteroatoms. The summed E-state index contributed by atoms with van der Waals surface area (Å²) >= 11 is 3.32. The van der Waals surface area contributed by atoms with Crippen LogP contribution in [0.1, 0.15) is 28.4 Å². The monoisotopic (exact) mass is 400 g/mol. The standard InChI is InChI=1S/C20H21BrN2O2/c1-3-15-4-6-16(7-5-15)12-13-22-19(24)14(2)23-20(25)17-8-10-18(21)11-9-17/h3-11,14H,1,12-13H2,2H3,(H,22,24)(H,23,25)/t14-/m1/s1. The van der Waals surface area contributed by atoms with Gasteiger partial charge in [0.15, 0.2) is 0 Å². The van der Waals surface area contributed by atoms with Crippen LogP contribution in [-0.2, 0) is 11.2 Å². The molecule has 0 unspecified atom stereocenters. The Labute approximate surface area is 156 Å². The molecular weight excluding hydrogens is 380 g/mol. The van der Waals surface area contributed by atoms with Crippen molar-refractivity contribution < 1.29 is 9.59 Å². The number of nitrogens with one attached hydrogen (secondary N) is 2. The van der Waals surface area contributed by atoms with Crippen molar-refractivity contribution in [3.8, 4) is 0 Å². The minimum Gasteiger partial charge on any atom is -0.354 e. The average Bonchev–Trinajstić information content (AvgIpc) is 2.62. The highest BCUT2D eigenvalue weighted by molar-refractivity contribution is 9.10. The van der Waals surface area contributed by atoms with Crippen LogP contribution in [0, 0.1) is 0 Å². The third kappa shape index (κ3) is 5.87. The van der Waals surface area contributed by atoms with Crippen LogP contribution in [-0.4, -0.2) is 24.4 Å². The summed E-state index contributed by atoms with van der Waals surface area (Å²) < 4.78 is 0.899. The zero-order chi connectivity index (χ0) is 18.2. The molecule has 0 radical (unpaired) electrons. The van der Waals surface area contributed by atoms with E-state index in [2.05, 4.69) is 33.1 Å². The summed E-state index contributed by atoms with van der Waals surface area (Å²) in [6.07, 6.45) is 2.53. The summed E-state index contributed by atoms with van der Waals surface area (Å²) in [5, 5.41) is 5.55. The van der Waals surface area contributed by atoms with E-state index in [0.717, 1.165) is 22.0 Å². The third-order valence-corrected chi connectivity index (χ3v) is 4.30. The van der Waals surface area contributed by atoms with Gasteiger partial charge in [-0.15, -0.1) is 0 Å². The molecule has 0 fully saturated rings. The highest BCUT2D eigenvalue weighted by Gasteiger charge is 2.16. The van der Waals surface area contributed by atoms with Gasteiger partial charge in [0.2, 0.25) is 5.91 Å². The molecule has 0 aliphatic heterocycles. The maximum absolute atomic E-state index is 12.1. The molecule has 2 N–H and O–H groups in total. The molecule has 0 aliphatic carbocycles. The second-order valence-electron chi connectivity index (χ2n) is 5.69. The molecule has 1 atom stereocenters. The van der Waals surface area contributed by atoms with Crippen LogP contribution in [0.25, 0.3) is 6.08 Å². The number of hydrogen-bond donors (Lipinski definition) is 2. The normalized spacial score (nSPS) is 11.4. The van der Waals surface area contributed by atoms with Gasteiger partial charge in [-0.25, -0.2) is 0 Å². The zero-order valence-corrected chi connectivity index (χ0v) is 15.7. The van der Waals surface area contributed by atoms with Crippen molar-refractivity contribution in [1.82, 2.24) is 10.6 Å². The van der Waals surface area contributed by atoms with Gasteiger partial charge in [-0.1, -0.05) is 52.9 Å². The molecule has 0 saturated carbocycles. The van der Waals surface area contributed by atoms with Gasteiger partial charge in [0.05, 0.1) is 0 Å². The van der Waals surface area contributed by atoms with E-state index in [0.29, 0.717) is 12.1 Å². The van der Waals surface area contributed by atoms with E-state index >= 15 is 0 Å². The molecule has 130 valence electrons. The van der Waals surface area contributed by atoms with Gasteiger partial charge in [0, 0.05) is 16.6 Å². The topological polar surface area (TPSA) is 58.2 Å². The van der Waals surface area contributed by atoms with Crippen LogP contribution >= 0.6 is 15.9 Å². The molecule has 2 rings (SSSR count). The predicted molar refractivity (Wildman–Crippen MR) is 104 cm³/mol. The van der Waals surface area contributed by atoms with E-state index in [4.69, 9.17) is 0 Å². The summed E-state index contributed by atoms with van der Waals surface area (Å²) in [7, 11) is 0. The van der Waals surface area contributed by atoms with Crippen molar-refractivity contribution in [3.05, 3.63) is 76.3 Å². The van der Waals surface area contributed by atoms with Gasteiger partial charge in [-0.3, -0.25) is 9.59 Å². The fraction of sp³-hybridized carbons (Fsp3) is 0.200. The van der Waals surface area contributed by atoms with Crippen LogP contribution in [0.3, 0.4) is 0 Å². The number of amides is 2. The number of halogens is 1. The number of rotatable bonds is 7. The molecule has 0 heterocycles. The molecule has 4 nitrogen and oxygen atoms in total. The third-order valence-electron chi connectivity index (χ3n) is 3.78. The minimum absolute atomic E-state index is 0.201. The lowest BCUT2D eigenvalue weighted by Crippen LogP contribution is -2.45. The Morgan fingerprint density at radius 3 is 2.36 bits per heavy atom.